The van der Waals surface area contributed by atoms with Crippen molar-refractivity contribution in [2.24, 2.45) is 4.99 Å². The zero-order chi connectivity index (χ0) is 25.0. The summed E-state index contributed by atoms with van der Waals surface area (Å²) in [4.78, 5) is 17.4. The van der Waals surface area contributed by atoms with Crippen LogP contribution in [0.1, 0.15) is 18.1 Å². The van der Waals surface area contributed by atoms with Gasteiger partial charge in [0, 0.05) is 3.57 Å². The van der Waals surface area contributed by atoms with Gasteiger partial charge in [-0.05, 0) is 108 Å². The topological polar surface area (TPSA) is 94.1 Å². The van der Waals surface area contributed by atoms with Crippen LogP contribution in [0.2, 0.25) is 0 Å². The molecule has 4 rings (SSSR count). The maximum atomic E-state index is 12.7. The van der Waals surface area contributed by atoms with Gasteiger partial charge in [0.25, 0.3) is 5.91 Å². The van der Waals surface area contributed by atoms with Gasteiger partial charge >= 0.3 is 10.1 Å². The number of hydrogen-bond acceptors (Lipinski definition) is 7. The van der Waals surface area contributed by atoms with E-state index in [0.717, 1.165) is 14.8 Å². The van der Waals surface area contributed by atoms with E-state index in [1.807, 2.05) is 31.2 Å². The van der Waals surface area contributed by atoms with E-state index in [2.05, 4.69) is 32.9 Å². The van der Waals surface area contributed by atoms with Crippen LogP contribution in [0.4, 0.5) is 5.69 Å². The number of thioether (sulfide) groups is 1. The monoisotopic (exact) mass is 620 g/mol. The molecule has 180 valence electrons. The molecule has 0 aliphatic carbocycles. The van der Waals surface area contributed by atoms with Gasteiger partial charge in [0.05, 0.1) is 17.2 Å². The number of benzene rings is 3. The molecule has 1 heterocycles. The van der Waals surface area contributed by atoms with Crippen LogP contribution in [-0.4, -0.2) is 26.1 Å². The third kappa shape index (κ3) is 6.44. The lowest BCUT2D eigenvalue weighted by Crippen LogP contribution is -2.19. The Balaban J connectivity index is 1.57. The minimum atomic E-state index is -4.03. The quantitative estimate of drug-likeness (QED) is 0.208. The molecule has 0 bridgehead atoms. The van der Waals surface area contributed by atoms with E-state index in [-0.39, 0.29) is 22.3 Å². The third-order valence-corrected chi connectivity index (χ3v) is 7.66. The molecule has 0 atom stereocenters. The zero-order valence-electron chi connectivity index (χ0n) is 18.8. The van der Waals surface area contributed by atoms with Gasteiger partial charge < -0.3 is 14.2 Å². The molecule has 7 nitrogen and oxygen atoms in total. The van der Waals surface area contributed by atoms with Crippen LogP contribution in [0.15, 0.2) is 81.5 Å². The molecule has 1 fully saturated rings. The van der Waals surface area contributed by atoms with Gasteiger partial charge in [0.15, 0.2) is 16.7 Å². The summed E-state index contributed by atoms with van der Waals surface area (Å²) >= 11 is 3.44. The van der Waals surface area contributed by atoms with Crippen LogP contribution in [0.3, 0.4) is 0 Å². The summed E-state index contributed by atoms with van der Waals surface area (Å²) in [5.41, 5.74) is 2.34. The fourth-order valence-electron chi connectivity index (χ4n) is 3.09. The second-order valence-electron chi connectivity index (χ2n) is 7.45. The standard InChI is InChI=1S/C25H21IN2O5S2/c1-3-32-22-14-17(6-13-21(22)33-35(30,31)20-11-4-16(2)5-12-20)15-23-24(29)28-25(34-23)27-19-9-7-18(26)8-10-19/h4-15H,3H2,1-2H3,(H,27,28,29)/b23-15+. The van der Waals surface area contributed by atoms with E-state index in [1.165, 1.54) is 30.0 Å². The van der Waals surface area contributed by atoms with E-state index < -0.39 is 10.1 Å². The van der Waals surface area contributed by atoms with Gasteiger partial charge in [0.2, 0.25) is 0 Å². The van der Waals surface area contributed by atoms with Crippen molar-refractivity contribution < 1.29 is 22.1 Å². The number of aryl methyl sites for hydroxylation is 1. The molecule has 10 heteroatoms. The van der Waals surface area contributed by atoms with Gasteiger partial charge in [-0.1, -0.05) is 23.8 Å². The Morgan fingerprint density at radius 2 is 1.74 bits per heavy atom. The van der Waals surface area contributed by atoms with E-state index in [0.29, 0.717) is 22.2 Å². The van der Waals surface area contributed by atoms with Crippen LogP contribution in [-0.2, 0) is 14.9 Å². The molecule has 35 heavy (non-hydrogen) atoms. The number of carbonyl (C=O) groups excluding carboxylic acids is 1. The number of aliphatic imine (C=N–C) groups is 1. The Labute approximate surface area is 221 Å². The first kappa shape index (κ1) is 25.3. The summed E-state index contributed by atoms with van der Waals surface area (Å²) in [5, 5.41) is 3.24. The molecule has 1 saturated heterocycles. The smallest absolute Gasteiger partial charge is 0.339 e. The first-order chi connectivity index (χ1) is 16.7. The molecule has 1 amide bonds. The number of halogens is 1. The fourth-order valence-corrected chi connectivity index (χ4v) is 5.23. The van der Waals surface area contributed by atoms with Gasteiger partial charge in [-0.3, -0.25) is 4.79 Å². The lowest BCUT2D eigenvalue weighted by Gasteiger charge is -2.13. The number of carbonyl (C=O) groups is 1. The van der Waals surface area contributed by atoms with Crippen molar-refractivity contribution in [3.63, 3.8) is 0 Å². The molecule has 0 radical (unpaired) electrons. The SMILES string of the molecule is CCOc1cc(/C=C2/SC(=Nc3ccc(I)cc3)NC2=O)ccc1OS(=O)(=O)c1ccc(C)cc1. The summed E-state index contributed by atoms with van der Waals surface area (Å²) in [6, 6.07) is 18.8. The van der Waals surface area contributed by atoms with Crippen LogP contribution in [0.5, 0.6) is 11.5 Å². The Kier molecular flexibility index (Phi) is 7.82. The van der Waals surface area contributed by atoms with E-state index in [9.17, 15) is 13.2 Å². The summed E-state index contributed by atoms with van der Waals surface area (Å²) < 4.78 is 37.5. The molecule has 0 unspecified atom stereocenters. The highest BCUT2D eigenvalue weighted by molar-refractivity contribution is 14.1. The molecular formula is C25H21IN2O5S2. The predicted molar refractivity (Wildman–Crippen MR) is 147 cm³/mol. The molecule has 1 aliphatic rings. The number of ether oxygens (including phenoxy) is 1. The van der Waals surface area contributed by atoms with Crippen molar-refractivity contribution in [3.8, 4) is 11.5 Å². The van der Waals surface area contributed by atoms with Crippen LogP contribution < -0.4 is 14.2 Å². The Morgan fingerprint density at radius 3 is 2.43 bits per heavy atom. The maximum Gasteiger partial charge on any atom is 0.339 e. The zero-order valence-corrected chi connectivity index (χ0v) is 22.6. The molecule has 0 aromatic heterocycles. The number of hydrogen-bond donors (Lipinski definition) is 1. The van der Waals surface area contributed by atoms with Crippen LogP contribution in [0, 0.1) is 10.5 Å². The van der Waals surface area contributed by atoms with Gasteiger partial charge in [-0.25, -0.2) is 4.99 Å². The van der Waals surface area contributed by atoms with Crippen molar-refractivity contribution in [3.05, 3.63) is 86.3 Å². The average Bonchev–Trinajstić information content (AvgIpc) is 3.16. The van der Waals surface area contributed by atoms with Crippen LogP contribution >= 0.6 is 34.4 Å². The maximum absolute atomic E-state index is 12.7. The van der Waals surface area contributed by atoms with E-state index in [1.54, 1.807) is 37.3 Å². The predicted octanol–water partition coefficient (Wildman–Crippen LogP) is 5.66. The molecule has 0 saturated carbocycles. The highest BCUT2D eigenvalue weighted by Crippen LogP contribution is 2.34. The second-order valence-corrected chi connectivity index (χ2v) is 11.3. The van der Waals surface area contributed by atoms with Crippen LogP contribution in [0.25, 0.3) is 6.08 Å². The molecule has 1 N–H and O–H groups in total. The first-order valence-corrected chi connectivity index (χ1v) is 13.9. The Morgan fingerprint density at radius 1 is 1.03 bits per heavy atom. The van der Waals surface area contributed by atoms with Crippen molar-refractivity contribution in [2.75, 3.05) is 6.61 Å². The van der Waals surface area contributed by atoms with Gasteiger partial charge in [-0.15, -0.1) is 0 Å². The molecule has 3 aromatic carbocycles. The molecule has 0 spiro atoms. The number of amides is 1. The Bertz CT molecular complexity index is 1420. The lowest BCUT2D eigenvalue weighted by atomic mass is 10.2. The molecular weight excluding hydrogens is 599 g/mol. The molecule has 1 aliphatic heterocycles. The average molecular weight is 620 g/mol. The van der Waals surface area contributed by atoms with Crippen molar-refractivity contribution in [1.82, 2.24) is 5.32 Å². The lowest BCUT2D eigenvalue weighted by molar-refractivity contribution is -0.115. The van der Waals surface area contributed by atoms with Gasteiger partial charge in [-0.2, -0.15) is 8.42 Å². The summed E-state index contributed by atoms with van der Waals surface area (Å²) in [5.74, 6) is 0.0623. The van der Waals surface area contributed by atoms with Crippen molar-refractivity contribution >= 4 is 67.3 Å². The van der Waals surface area contributed by atoms with Crippen molar-refractivity contribution in [2.45, 2.75) is 18.7 Å². The highest BCUT2D eigenvalue weighted by Gasteiger charge is 2.24. The normalized spacial score (nSPS) is 15.9. The van der Waals surface area contributed by atoms with Crippen molar-refractivity contribution in [1.29, 1.82) is 0 Å². The Hall–Kier alpha value is -2.83. The number of rotatable bonds is 7. The van der Waals surface area contributed by atoms with Gasteiger partial charge in [0.1, 0.15) is 4.90 Å². The summed E-state index contributed by atoms with van der Waals surface area (Å²) in [6.45, 7) is 3.97. The minimum Gasteiger partial charge on any atom is -0.490 e. The summed E-state index contributed by atoms with van der Waals surface area (Å²) in [6.07, 6.45) is 1.69. The van der Waals surface area contributed by atoms with E-state index >= 15 is 0 Å². The largest absolute Gasteiger partial charge is 0.490 e. The first-order valence-electron chi connectivity index (χ1n) is 10.6. The number of amidine groups is 1. The molecule has 3 aromatic rings. The number of nitrogens with zero attached hydrogens (tertiary/aromatic N) is 1. The fraction of sp³-hybridized carbons (Fsp3) is 0.120. The van der Waals surface area contributed by atoms with E-state index in [4.69, 9.17) is 8.92 Å². The highest BCUT2D eigenvalue weighted by atomic mass is 127. The minimum absolute atomic E-state index is 0.0516. The third-order valence-electron chi connectivity index (χ3n) is 4.78. The summed E-state index contributed by atoms with van der Waals surface area (Å²) in [7, 11) is -4.03. The second kappa shape index (κ2) is 10.8. The number of nitrogens with one attached hydrogen (secondary N) is 1.